The summed E-state index contributed by atoms with van der Waals surface area (Å²) in [5.74, 6) is 0.767. The number of nitrogens with one attached hydrogen (secondary N) is 1. The molecule has 40 heavy (non-hydrogen) atoms. The summed E-state index contributed by atoms with van der Waals surface area (Å²) < 4.78 is 84.8. The first-order chi connectivity index (χ1) is 18.8. The number of rotatable bonds is 6. The van der Waals surface area contributed by atoms with Crippen molar-refractivity contribution >= 4 is 23.2 Å². The minimum absolute atomic E-state index is 0.00715. The Kier molecular flexibility index (Phi) is 8.26. The largest absolute Gasteiger partial charge is 0.470 e. The fourth-order valence-electron chi connectivity index (χ4n) is 4.18. The van der Waals surface area contributed by atoms with Gasteiger partial charge in [-0.05, 0) is 48.4 Å². The fourth-order valence-corrected chi connectivity index (χ4v) is 4.18. The van der Waals surface area contributed by atoms with Crippen molar-refractivity contribution in [2.45, 2.75) is 32.3 Å². The summed E-state index contributed by atoms with van der Waals surface area (Å²) in [6.07, 6.45) is -7.72. The van der Waals surface area contributed by atoms with Crippen molar-refractivity contribution in [3.63, 3.8) is 0 Å². The lowest BCUT2D eigenvalue weighted by atomic mass is 10.1. The second-order valence-corrected chi connectivity index (χ2v) is 9.02. The second-order valence-electron chi connectivity index (χ2n) is 9.02. The van der Waals surface area contributed by atoms with Crippen molar-refractivity contribution < 1.29 is 35.9 Å². The SMILES string of the molecule is CCc1ccc(COc2ncccc2N2CCN(C(=O)Nc3cc(C(F)(F)F)cc(C(F)(F)F)c3)CC2)nc1N. The highest BCUT2D eigenvalue weighted by molar-refractivity contribution is 5.89. The smallest absolute Gasteiger partial charge is 0.416 e. The number of anilines is 3. The maximum Gasteiger partial charge on any atom is 0.416 e. The van der Waals surface area contributed by atoms with Gasteiger partial charge in [-0.15, -0.1) is 0 Å². The zero-order valence-corrected chi connectivity index (χ0v) is 21.3. The molecule has 0 unspecified atom stereocenters. The van der Waals surface area contributed by atoms with Gasteiger partial charge < -0.3 is 25.6 Å². The first-order valence-electron chi connectivity index (χ1n) is 12.3. The van der Waals surface area contributed by atoms with Gasteiger partial charge in [-0.2, -0.15) is 26.3 Å². The first kappa shape index (κ1) is 28.8. The molecule has 0 saturated carbocycles. The van der Waals surface area contributed by atoms with Gasteiger partial charge in [-0.1, -0.05) is 13.0 Å². The quantitative estimate of drug-likeness (QED) is 0.377. The number of piperazine rings is 1. The van der Waals surface area contributed by atoms with Crippen LogP contribution in [0.2, 0.25) is 0 Å². The van der Waals surface area contributed by atoms with Crippen LogP contribution in [0.25, 0.3) is 0 Å². The van der Waals surface area contributed by atoms with Gasteiger partial charge >= 0.3 is 18.4 Å². The number of hydrogen-bond donors (Lipinski definition) is 2. The molecule has 1 aromatic carbocycles. The van der Waals surface area contributed by atoms with E-state index >= 15 is 0 Å². The van der Waals surface area contributed by atoms with Gasteiger partial charge in [0.2, 0.25) is 5.88 Å². The number of halogens is 6. The highest BCUT2D eigenvalue weighted by Crippen LogP contribution is 2.37. The zero-order valence-electron chi connectivity index (χ0n) is 21.3. The monoisotopic (exact) mass is 568 g/mol. The fraction of sp³-hybridized carbons (Fsp3) is 0.346. The van der Waals surface area contributed by atoms with Crippen LogP contribution in [0, 0.1) is 0 Å². The van der Waals surface area contributed by atoms with E-state index in [0.717, 1.165) is 12.0 Å². The summed E-state index contributed by atoms with van der Waals surface area (Å²) in [6, 6.07) is 7.36. The Morgan fingerprint density at radius 2 is 1.65 bits per heavy atom. The number of benzene rings is 1. The predicted octanol–water partition coefficient (Wildman–Crippen LogP) is 5.59. The van der Waals surface area contributed by atoms with E-state index in [2.05, 4.69) is 15.3 Å². The standard InChI is InChI=1S/C26H26F6N6O2/c1-2-16-5-6-19(35-22(16)33)15-40-23-21(4-3-7-34-23)37-8-10-38(11-9-37)24(39)36-20-13-17(25(27,28)29)12-18(14-20)26(30,31)32/h3-7,12-14H,2,8-11,15H2,1H3,(H2,33,35)(H,36,39). The molecule has 214 valence electrons. The van der Waals surface area contributed by atoms with Crippen molar-refractivity contribution in [3.8, 4) is 5.88 Å². The van der Waals surface area contributed by atoms with Gasteiger partial charge in [0.1, 0.15) is 18.1 Å². The van der Waals surface area contributed by atoms with E-state index in [4.69, 9.17) is 10.5 Å². The van der Waals surface area contributed by atoms with Crippen LogP contribution < -0.4 is 20.7 Å². The molecule has 0 bridgehead atoms. The number of nitrogens with two attached hydrogens (primary N) is 1. The molecule has 1 saturated heterocycles. The van der Waals surface area contributed by atoms with Crippen molar-refractivity contribution in [2.75, 3.05) is 42.1 Å². The Morgan fingerprint density at radius 1 is 1.00 bits per heavy atom. The maximum absolute atomic E-state index is 13.1. The zero-order chi connectivity index (χ0) is 29.1. The van der Waals surface area contributed by atoms with E-state index in [9.17, 15) is 31.1 Å². The van der Waals surface area contributed by atoms with E-state index < -0.39 is 35.2 Å². The van der Waals surface area contributed by atoms with Gasteiger partial charge in [-0.3, -0.25) is 0 Å². The topological polar surface area (TPSA) is 96.6 Å². The normalized spacial score (nSPS) is 14.3. The molecule has 0 aliphatic carbocycles. The number of hydrogen-bond acceptors (Lipinski definition) is 6. The number of nitrogen functional groups attached to an aromatic ring is 1. The van der Waals surface area contributed by atoms with Crippen molar-refractivity contribution in [2.24, 2.45) is 0 Å². The minimum Gasteiger partial charge on any atom is -0.470 e. The average molecular weight is 569 g/mol. The molecule has 1 aliphatic rings. The molecular weight excluding hydrogens is 542 g/mol. The van der Waals surface area contributed by atoms with Crippen LogP contribution in [0.3, 0.4) is 0 Å². The molecule has 3 heterocycles. The Balaban J connectivity index is 1.40. The molecule has 1 fully saturated rings. The van der Waals surface area contributed by atoms with Crippen LogP contribution in [0.5, 0.6) is 5.88 Å². The van der Waals surface area contributed by atoms with E-state index in [0.29, 0.717) is 48.3 Å². The van der Waals surface area contributed by atoms with Gasteiger partial charge in [-0.25, -0.2) is 14.8 Å². The molecule has 8 nitrogen and oxygen atoms in total. The second kappa shape index (κ2) is 11.5. The summed E-state index contributed by atoms with van der Waals surface area (Å²) in [5, 5.41) is 2.17. The summed E-state index contributed by atoms with van der Waals surface area (Å²) >= 11 is 0. The number of aryl methyl sites for hydroxylation is 1. The van der Waals surface area contributed by atoms with Crippen LogP contribution in [-0.2, 0) is 25.4 Å². The van der Waals surface area contributed by atoms with E-state index in [1.807, 2.05) is 24.0 Å². The van der Waals surface area contributed by atoms with Crippen LogP contribution >= 0.6 is 0 Å². The van der Waals surface area contributed by atoms with Crippen LogP contribution in [0.4, 0.5) is 48.3 Å². The molecule has 14 heteroatoms. The Morgan fingerprint density at radius 3 is 2.23 bits per heavy atom. The van der Waals surface area contributed by atoms with Crippen LogP contribution in [0.1, 0.15) is 29.3 Å². The highest BCUT2D eigenvalue weighted by Gasteiger charge is 2.37. The number of ether oxygens (including phenoxy) is 1. The third kappa shape index (κ3) is 6.85. The van der Waals surface area contributed by atoms with Crippen molar-refractivity contribution in [1.82, 2.24) is 14.9 Å². The van der Waals surface area contributed by atoms with Gasteiger partial charge in [0.25, 0.3) is 0 Å². The number of alkyl halides is 6. The number of carbonyl (C=O) groups excluding carboxylic acids is 1. The summed E-state index contributed by atoms with van der Waals surface area (Å²) in [5.41, 5.74) is 4.55. The Bertz CT molecular complexity index is 1320. The third-order valence-corrected chi connectivity index (χ3v) is 6.31. The van der Waals surface area contributed by atoms with E-state index in [1.54, 1.807) is 18.3 Å². The van der Waals surface area contributed by atoms with Gasteiger partial charge in [0.15, 0.2) is 0 Å². The van der Waals surface area contributed by atoms with E-state index in [1.165, 1.54) is 4.90 Å². The predicted molar refractivity (Wildman–Crippen MR) is 136 cm³/mol. The molecule has 3 aromatic rings. The van der Waals surface area contributed by atoms with Gasteiger partial charge in [0.05, 0.1) is 16.8 Å². The number of aromatic nitrogens is 2. The van der Waals surface area contributed by atoms with E-state index in [-0.39, 0.29) is 25.8 Å². The minimum atomic E-state index is -5.02. The number of nitrogens with zero attached hydrogens (tertiary/aromatic N) is 4. The molecule has 2 aromatic heterocycles. The number of amides is 2. The first-order valence-corrected chi connectivity index (χ1v) is 12.3. The summed E-state index contributed by atoms with van der Waals surface area (Å²) in [6.45, 7) is 3.05. The van der Waals surface area contributed by atoms with Gasteiger partial charge in [0, 0.05) is 38.1 Å². The highest BCUT2D eigenvalue weighted by atomic mass is 19.4. The number of pyridine rings is 2. The molecular formula is C26H26F6N6O2. The van der Waals surface area contributed by atoms with Crippen LogP contribution in [-0.4, -0.2) is 47.1 Å². The molecule has 2 amide bonds. The third-order valence-electron chi connectivity index (χ3n) is 6.31. The Hall–Kier alpha value is -4.23. The average Bonchev–Trinajstić information content (AvgIpc) is 2.91. The Labute approximate surface area is 225 Å². The molecule has 0 atom stereocenters. The lowest BCUT2D eigenvalue weighted by molar-refractivity contribution is -0.143. The molecule has 4 rings (SSSR count). The van der Waals surface area contributed by atoms with Crippen molar-refractivity contribution in [1.29, 1.82) is 0 Å². The van der Waals surface area contributed by atoms with Crippen molar-refractivity contribution in [3.05, 3.63) is 71.0 Å². The summed E-state index contributed by atoms with van der Waals surface area (Å²) in [4.78, 5) is 24.6. The molecule has 0 radical (unpaired) electrons. The number of carbonyl (C=O) groups is 1. The lowest BCUT2D eigenvalue weighted by Gasteiger charge is -2.36. The lowest BCUT2D eigenvalue weighted by Crippen LogP contribution is -2.50. The van der Waals surface area contributed by atoms with Crippen LogP contribution in [0.15, 0.2) is 48.7 Å². The molecule has 3 N–H and O–H groups in total. The summed E-state index contributed by atoms with van der Waals surface area (Å²) in [7, 11) is 0. The molecule has 0 spiro atoms. The number of urea groups is 1. The molecule has 1 aliphatic heterocycles. The maximum atomic E-state index is 13.1.